The van der Waals surface area contributed by atoms with Crippen molar-refractivity contribution in [1.82, 2.24) is 9.62 Å². The first-order valence-corrected chi connectivity index (χ1v) is 15.2. The fraction of sp³-hybridized carbons (Fsp3) is 0.438. The fourth-order valence-corrected chi connectivity index (χ4v) is 6.86. The molecular formula is C32H42N2O3S. The Hall–Kier alpha value is -2.51. The first kappa shape index (κ1) is 28.5. The summed E-state index contributed by atoms with van der Waals surface area (Å²) in [5.41, 5.74) is 5.85. The van der Waals surface area contributed by atoms with E-state index >= 15 is 0 Å². The lowest BCUT2D eigenvalue weighted by Gasteiger charge is -2.31. The van der Waals surface area contributed by atoms with Gasteiger partial charge in [-0.1, -0.05) is 74.0 Å². The standard InChI is InChI=1S/C32H42N2O3S/c1-5-9-24-14-16-26(17-15-24)29-12-8-13-31(20-29)38(36,37)34(4)23-30(35)22-33-32(2,3)21-25-18-27-10-6-7-11-28(27)19-25/h6-8,10-17,20,25,30,33,35H,5,9,18-19,21-23H2,1-4H3/t30-/m1/s1. The van der Waals surface area contributed by atoms with Crippen LogP contribution in [0.1, 0.15) is 50.3 Å². The Morgan fingerprint density at radius 3 is 2.26 bits per heavy atom. The zero-order chi connectivity index (χ0) is 27.3. The minimum atomic E-state index is -3.74. The van der Waals surface area contributed by atoms with Gasteiger partial charge in [0.2, 0.25) is 10.0 Å². The number of aliphatic hydroxyl groups excluding tert-OH is 1. The third kappa shape index (κ3) is 7.11. The Bertz CT molecular complexity index is 1290. The number of likely N-dealkylation sites (N-methyl/N-ethyl adjacent to an activating group) is 1. The molecule has 0 fully saturated rings. The molecule has 0 bridgehead atoms. The highest BCUT2D eigenvalue weighted by atomic mass is 32.2. The Labute approximate surface area is 229 Å². The van der Waals surface area contributed by atoms with E-state index in [9.17, 15) is 13.5 Å². The molecule has 6 heteroatoms. The van der Waals surface area contributed by atoms with Crippen LogP contribution in [0.4, 0.5) is 0 Å². The largest absolute Gasteiger partial charge is 0.390 e. The molecule has 0 saturated heterocycles. The number of nitrogens with zero attached hydrogens (tertiary/aromatic N) is 1. The molecule has 0 spiro atoms. The second-order valence-corrected chi connectivity index (χ2v) is 13.5. The van der Waals surface area contributed by atoms with Gasteiger partial charge in [-0.15, -0.1) is 0 Å². The van der Waals surface area contributed by atoms with Crippen LogP contribution in [0.25, 0.3) is 11.1 Å². The molecule has 0 amide bonds. The van der Waals surface area contributed by atoms with Gasteiger partial charge in [-0.3, -0.25) is 0 Å². The molecule has 38 heavy (non-hydrogen) atoms. The summed E-state index contributed by atoms with van der Waals surface area (Å²) in [5.74, 6) is 0.574. The van der Waals surface area contributed by atoms with E-state index in [4.69, 9.17) is 0 Å². The van der Waals surface area contributed by atoms with Gasteiger partial charge >= 0.3 is 0 Å². The van der Waals surface area contributed by atoms with Gasteiger partial charge in [-0.25, -0.2) is 8.42 Å². The minimum Gasteiger partial charge on any atom is -0.390 e. The molecule has 0 saturated carbocycles. The van der Waals surface area contributed by atoms with Crippen molar-refractivity contribution in [3.8, 4) is 11.1 Å². The van der Waals surface area contributed by atoms with Crippen LogP contribution in [0.15, 0.2) is 77.7 Å². The molecule has 3 aromatic rings. The molecule has 3 aromatic carbocycles. The molecule has 0 aromatic heterocycles. The van der Waals surface area contributed by atoms with Crippen molar-refractivity contribution < 1.29 is 13.5 Å². The van der Waals surface area contributed by atoms with Crippen LogP contribution in [0.5, 0.6) is 0 Å². The number of sulfonamides is 1. The first-order chi connectivity index (χ1) is 18.1. The zero-order valence-corrected chi connectivity index (χ0v) is 24.0. The van der Waals surface area contributed by atoms with E-state index in [1.165, 1.54) is 28.0 Å². The van der Waals surface area contributed by atoms with Crippen molar-refractivity contribution in [3.63, 3.8) is 0 Å². The highest BCUT2D eigenvalue weighted by Gasteiger charge is 2.29. The van der Waals surface area contributed by atoms with Gasteiger partial charge in [0.05, 0.1) is 11.0 Å². The molecule has 2 N–H and O–H groups in total. The number of β-amino-alcohol motifs (C(OH)–C–C–N with tert-alkyl or cyclic N) is 1. The number of nitrogens with one attached hydrogen (secondary N) is 1. The topological polar surface area (TPSA) is 69.6 Å². The summed E-state index contributed by atoms with van der Waals surface area (Å²) >= 11 is 0. The monoisotopic (exact) mass is 534 g/mol. The molecule has 1 atom stereocenters. The van der Waals surface area contributed by atoms with E-state index < -0.39 is 16.1 Å². The maximum atomic E-state index is 13.3. The highest BCUT2D eigenvalue weighted by molar-refractivity contribution is 7.89. The third-order valence-electron chi connectivity index (χ3n) is 7.59. The maximum absolute atomic E-state index is 13.3. The van der Waals surface area contributed by atoms with Crippen molar-refractivity contribution in [2.45, 2.75) is 69.4 Å². The molecule has 1 aliphatic carbocycles. The third-order valence-corrected chi connectivity index (χ3v) is 9.41. The summed E-state index contributed by atoms with van der Waals surface area (Å²) in [4.78, 5) is 0.233. The molecule has 0 heterocycles. The SMILES string of the molecule is CCCc1ccc(-c2cccc(S(=O)(=O)N(C)C[C@H](O)CNC(C)(C)CC3Cc4ccccc4C3)c2)cc1. The maximum Gasteiger partial charge on any atom is 0.242 e. The lowest BCUT2D eigenvalue weighted by Crippen LogP contribution is -2.47. The van der Waals surface area contributed by atoms with Gasteiger partial charge in [0.25, 0.3) is 0 Å². The van der Waals surface area contributed by atoms with Crippen LogP contribution in [0.2, 0.25) is 0 Å². The molecule has 4 rings (SSSR count). The lowest BCUT2D eigenvalue weighted by atomic mass is 9.88. The molecule has 0 unspecified atom stereocenters. The Morgan fingerprint density at radius 2 is 1.63 bits per heavy atom. The molecule has 5 nitrogen and oxygen atoms in total. The quantitative estimate of drug-likeness (QED) is 0.324. The van der Waals surface area contributed by atoms with Crippen LogP contribution in [-0.4, -0.2) is 49.6 Å². The van der Waals surface area contributed by atoms with Gasteiger partial charge in [-0.2, -0.15) is 4.31 Å². The summed E-state index contributed by atoms with van der Waals surface area (Å²) in [5, 5.41) is 14.2. The van der Waals surface area contributed by atoms with Crippen molar-refractivity contribution in [2.24, 2.45) is 5.92 Å². The molecule has 0 aliphatic heterocycles. The van der Waals surface area contributed by atoms with Gasteiger partial charge in [-0.05, 0) is 85.4 Å². The number of fused-ring (bicyclic) bond motifs is 1. The average Bonchev–Trinajstić information content (AvgIpc) is 3.30. The second-order valence-electron chi connectivity index (χ2n) is 11.4. The van der Waals surface area contributed by atoms with Crippen LogP contribution in [0, 0.1) is 5.92 Å². The van der Waals surface area contributed by atoms with Crippen molar-refractivity contribution in [2.75, 3.05) is 20.1 Å². The van der Waals surface area contributed by atoms with Crippen molar-refractivity contribution in [3.05, 3.63) is 89.5 Å². The van der Waals surface area contributed by atoms with Crippen molar-refractivity contribution in [1.29, 1.82) is 0 Å². The molecule has 0 radical (unpaired) electrons. The van der Waals surface area contributed by atoms with Crippen LogP contribution in [0.3, 0.4) is 0 Å². The summed E-state index contributed by atoms with van der Waals surface area (Å²) in [6, 6.07) is 24.0. The lowest BCUT2D eigenvalue weighted by molar-refractivity contribution is 0.135. The van der Waals surface area contributed by atoms with Crippen LogP contribution in [-0.2, 0) is 29.3 Å². The van der Waals surface area contributed by atoms with E-state index in [1.807, 2.05) is 18.2 Å². The fourth-order valence-electron chi connectivity index (χ4n) is 5.61. The number of hydrogen-bond acceptors (Lipinski definition) is 4. The Morgan fingerprint density at radius 1 is 0.974 bits per heavy atom. The summed E-state index contributed by atoms with van der Waals surface area (Å²) in [6.45, 7) is 6.82. The van der Waals surface area contributed by atoms with E-state index in [0.29, 0.717) is 12.5 Å². The summed E-state index contributed by atoms with van der Waals surface area (Å²) in [6.07, 6.45) is 4.48. The molecule has 204 valence electrons. The van der Waals surface area contributed by atoms with Crippen LogP contribution >= 0.6 is 0 Å². The number of hydrogen-bond donors (Lipinski definition) is 2. The van der Waals surface area contributed by atoms with Gasteiger partial charge in [0.1, 0.15) is 0 Å². The van der Waals surface area contributed by atoms with Gasteiger partial charge in [0.15, 0.2) is 0 Å². The molecule has 1 aliphatic rings. The van der Waals surface area contributed by atoms with E-state index in [2.05, 4.69) is 62.5 Å². The van der Waals surface area contributed by atoms with E-state index in [1.54, 1.807) is 18.2 Å². The Kier molecular flexibility index (Phi) is 9.09. The summed E-state index contributed by atoms with van der Waals surface area (Å²) in [7, 11) is -2.21. The predicted molar refractivity (Wildman–Crippen MR) is 156 cm³/mol. The number of benzene rings is 3. The normalized spacial score (nSPS) is 15.1. The predicted octanol–water partition coefficient (Wildman–Crippen LogP) is 5.46. The second kappa shape index (κ2) is 12.1. The minimum absolute atomic E-state index is 0.0240. The van der Waals surface area contributed by atoms with Gasteiger partial charge in [0, 0.05) is 25.7 Å². The van der Waals surface area contributed by atoms with Crippen molar-refractivity contribution >= 4 is 10.0 Å². The first-order valence-electron chi connectivity index (χ1n) is 13.7. The number of aryl methyl sites for hydroxylation is 1. The molecular weight excluding hydrogens is 492 g/mol. The van der Waals surface area contributed by atoms with Crippen LogP contribution < -0.4 is 5.32 Å². The summed E-state index contributed by atoms with van der Waals surface area (Å²) < 4.78 is 27.9. The van der Waals surface area contributed by atoms with E-state index in [0.717, 1.165) is 43.2 Å². The zero-order valence-electron chi connectivity index (χ0n) is 23.2. The Balaban J connectivity index is 1.32. The smallest absolute Gasteiger partial charge is 0.242 e. The number of aliphatic hydroxyl groups is 1. The van der Waals surface area contributed by atoms with E-state index in [-0.39, 0.29) is 17.0 Å². The number of rotatable bonds is 12. The van der Waals surface area contributed by atoms with Gasteiger partial charge < -0.3 is 10.4 Å². The average molecular weight is 535 g/mol. The highest BCUT2D eigenvalue weighted by Crippen LogP contribution is 2.32.